The van der Waals surface area contributed by atoms with Gasteiger partial charge in [-0.3, -0.25) is 9.59 Å². The number of ketones is 1. The van der Waals surface area contributed by atoms with E-state index in [0.29, 0.717) is 44.1 Å². The van der Waals surface area contributed by atoms with Gasteiger partial charge in [0.1, 0.15) is 0 Å². The van der Waals surface area contributed by atoms with Crippen LogP contribution in [0.2, 0.25) is 0 Å². The van der Waals surface area contributed by atoms with E-state index in [0.717, 1.165) is 12.8 Å². The zero-order chi connectivity index (χ0) is 18.7. The maximum atomic E-state index is 12.8. The van der Waals surface area contributed by atoms with E-state index in [2.05, 4.69) is 0 Å². The maximum Gasteiger partial charge on any atom is 0.243 e. The average Bonchev–Trinajstić information content (AvgIpc) is 3.15. The highest BCUT2D eigenvalue weighted by Gasteiger charge is 2.31. The van der Waals surface area contributed by atoms with Gasteiger partial charge in [-0.05, 0) is 37.8 Å². The minimum atomic E-state index is -3.65. The van der Waals surface area contributed by atoms with Crippen molar-refractivity contribution in [3.05, 3.63) is 29.8 Å². The summed E-state index contributed by atoms with van der Waals surface area (Å²) in [4.78, 5) is 25.9. The molecule has 1 saturated carbocycles. The quantitative estimate of drug-likeness (QED) is 0.737. The number of benzene rings is 1. The minimum Gasteiger partial charge on any atom is -0.340 e. The third kappa shape index (κ3) is 4.15. The normalized spacial score (nSPS) is 19.7. The molecular weight excluding hydrogens is 352 g/mol. The standard InChI is InChI=1S/C19H26N2O4S/c1-15(22)17-7-4-8-18(14-17)26(24,25)21-11-9-20(10-12-21)19(23)13-16-5-2-3-6-16/h4,7-8,14,16H,2-3,5-6,9-13H2,1H3. The molecule has 0 atom stereocenters. The predicted molar refractivity (Wildman–Crippen MR) is 98.4 cm³/mol. The van der Waals surface area contributed by atoms with Gasteiger partial charge in [0, 0.05) is 38.2 Å². The summed E-state index contributed by atoms with van der Waals surface area (Å²) in [7, 11) is -3.65. The zero-order valence-electron chi connectivity index (χ0n) is 15.2. The Morgan fingerprint density at radius 3 is 2.35 bits per heavy atom. The van der Waals surface area contributed by atoms with Crippen LogP contribution in [0.3, 0.4) is 0 Å². The minimum absolute atomic E-state index is 0.135. The third-order valence-corrected chi connectivity index (χ3v) is 7.30. The lowest BCUT2D eigenvalue weighted by Crippen LogP contribution is -2.50. The van der Waals surface area contributed by atoms with Gasteiger partial charge in [0.15, 0.2) is 5.78 Å². The molecule has 0 N–H and O–H groups in total. The molecule has 3 rings (SSSR count). The Balaban J connectivity index is 1.62. The lowest BCUT2D eigenvalue weighted by molar-refractivity contribution is -0.133. The Kier molecular flexibility index (Phi) is 5.77. The lowest BCUT2D eigenvalue weighted by atomic mass is 10.0. The molecule has 0 radical (unpaired) electrons. The molecule has 0 unspecified atom stereocenters. The summed E-state index contributed by atoms with van der Waals surface area (Å²) in [6, 6.07) is 6.14. The fourth-order valence-corrected chi connectivity index (χ4v) is 5.26. The smallest absolute Gasteiger partial charge is 0.243 e. The molecule has 2 fully saturated rings. The number of hydrogen-bond acceptors (Lipinski definition) is 4. The second kappa shape index (κ2) is 7.88. The number of carbonyl (C=O) groups is 2. The molecule has 142 valence electrons. The van der Waals surface area contributed by atoms with Crippen LogP contribution in [0.25, 0.3) is 0 Å². The molecule has 0 spiro atoms. The number of hydrogen-bond donors (Lipinski definition) is 0. The van der Waals surface area contributed by atoms with Crippen molar-refractivity contribution in [3.63, 3.8) is 0 Å². The largest absolute Gasteiger partial charge is 0.340 e. The van der Waals surface area contributed by atoms with E-state index in [4.69, 9.17) is 0 Å². The maximum absolute atomic E-state index is 12.8. The zero-order valence-corrected chi connectivity index (χ0v) is 16.0. The Morgan fingerprint density at radius 2 is 1.73 bits per heavy atom. The molecule has 26 heavy (non-hydrogen) atoms. The van der Waals surface area contributed by atoms with E-state index >= 15 is 0 Å². The van der Waals surface area contributed by atoms with Crippen molar-refractivity contribution in [3.8, 4) is 0 Å². The van der Waals surface area contributed by atoms with E-state index in [-0.39, 0.29) is 16.6 Å². The van der Waals surface area contributed by atoms with Gasteiger partial charge in [-0.15, -0.1) is 0 Å². The van der Waals surface area contributed by atoms with Crippen molar-refractivity contribution in [1.82, 2.24) is 9.21 Å². The molecule has 1 aromatic carbocycles. The van der Waals surface area contributed by atoms with Crippen molar-refractivity contribution >= 4 is 21.7 Å². The number of Topliss-reactive ketones (excluding diaryl/α,β-unsaturated/α-hetero) is 1. The first kappa shape index (κ1) is 19.0. The van der Waals surface area contributed by atoms with Crippen LogP contribution in [0.1, 0.15) is 49.4 Å². The molecule has 6 nitrogen and oxygen atoms in total. The van der Waals surface area contributed by atoms with Crippen molar-refractivity contribution in [2.75, 3.05) is 26.2 Å². The average molecular weight is 378 g/mol. The summed E-state index contributed by atoms with van der Waals surface area (Å²) >= 11 is 0. The number of sulfonamides is 1. The fraction of sp³-hybridized carbons (Fsp3) is 0.579. The monoisotopic (exact) mass is 378 g/mol. The topological polar surface area (TPSA) is 74.8 Å². The Morgan fingerprint density at radius 1 is 1.08 bits per heavy atom. The second-order valence-corrected chi connectivity index (χ2v) is 9.16. The van der Waals surface area contributed by atoms with Gasteiger partial charge in [-0.2, -0.15) is 4.31 Å². The van der Waals surface area contributed by atoms with Crippen LogP contribution in [0.15, 0.2) is 29.2 Å². The van der Waals surface area contributed by atoms with Crippen LogP contribution in [0.5, 0.6) is 0 Å². The van der Waals surface area contributed by atoms with E-state index in [9.17, 15) is 18.0 Å². The summed E-state index contributed by atoms with van der Waals surface area (Å²) in [6.07, 6.45) is 5.28. The highest BCUT2D eigenvalue weighted by molar-refractivity contribution is 7.89. The Labute approximate surface area is 155 Å². The molecule has 0 bridgehead atoms. The van der Waals surface area contributed by atoms with Crippen molar-refractivity contribution < 1.29 is 18.0 Å². The van der Waals surface area contributed by atoms with E-state index in [1.165, 1.54) is 36.2 Å². The first-order chi connectivity index (χ1) is 12.4. The van der Waals surface area contributed by atoms with Crippen LogP contribution >= 0.6 is 0 Å². The predicted octanol–water partition coefficient (Wildman–Crippen LogP) is 2.30. The molecule has 2 aliphatic rings. The first-order valence-corrected chi connectivity index (χ1v) is 10.7. The van der Waals surface area contributed by atoms with Crippen LogP contribution < -0.4 is 0 Å². The molecule has 1 saturated heterocycles. The van der Waals surface area contributed by atoms with Gasteiger partial charge in [-0.1, -0.05) is 25.0 Å². The molecule has 1 aromatic rings. The highest BCUT2D eigenvalue weighted by Crippen LogP contribution is 2.28. The summed E-state index contributed by atoms with van der Waals surface area (Å²) in [5.41, 5.74) is 0.386. The SMILES string of the molecule is CC(=O)c1cccc(S(=O)(=O)N2CCN(C(=O)CC3CCCC3)CC2)c1. The van der Waals surface area contributed by atoms with Crippen LogP contribution in [0.4, 0.5) is 0 Å². The number of carbonyl (C=O) groups excluding carboxylic acids is 2. The van der Waals surface area contributed by atoms with E-state index < -0.39 is 10.0 Å². The Bertz CT molecular complexity index is 776. The first-order valence-electron chi connectivity index (χ1n) is 9.27. The van der Waals surface area contributed by atoms with Crippen LogP contribution in [-0.2, 0) is 14.8 Å². The molecule has 1 amide bonds. The number of amides is 1. The van der Waals surface area contributed by atoms with Gasteiger partial charge in [0.05, 0.1) is 4.90 Å². The molecule has 1 aliphatic heterocycles. The highest BCUT2D eigenvalue weighted by atomic mass is 32.2. The van der Waals surface area contributed by atoms with E-state index in [1.807, 2.05) is 0 Å². The molecule has 0 aromatic heterocycles. The summed E-state index contributed by atoms with van der Waals surface area (Å²) in [5, 5.41) is 0. The number of piperazine rings is 1. The summed E-state index contributed by atoms with van der Waals surface area (Å²) < 4.78 is 27.1. The van der Waals surface area contributed by atoms with Crippen molar-refractivity contribution in [1.29, 1.82) is 0 Å². The van der Waals surface area contributed by atoms with Crippen LogP contribution in [-0.4, -0.2) is 55.5 Å². The lowest BCUT2D eigenvalue weighted by Gasteiger charge is -2.34. The Hall–Kier alpha value is -1.73. The van der Waals surface area contributed by atoms with Gasteiger partial charge < -0.3 is 4.90 Å². The summed E-state index contributed by atoms with van der Waals surface area (Å²) in [6.45, 7) is 2.86. The van der Waals surface area contributed by atoms with Gasteiger partial charge in [0.2, 0.25) is 15.9 Å². The number of rotatable bonds is 5. The fourth-order valence-electron chi connectivity index (χ4n) is 3.79. The van der Waals surface area contributed by atoms with Crippen molar-refractivity contribution in [2.24, 2.45) is 5.92 Å². The van der Waals surface area contributed by atoms with E-state index in [1.54, 1.807) is 17.0 Å². The van der Waals surface area contributed by atoms with Gasteiger partial charge in [-0.25, -0.2) is 8.42 Å². The van der Waals surface area contributed by atoms with Crippen molar-refractivity contribution in [2.45, 2.75) is 43.9 Å². The second-order valence-electron chi connectivity index (χ2n) is 7.22. The molecule has 7 heteroatoms. The van der Waals surface area contributed by atoms with Gasteiger partial charge >= 0.3 is 0 Å². The summed E-state index contributed by atoms with van der Waals surface area (Å²) in [5.74, 6) is 0.482. The third-order valence-electron chi connectivity index (χ3n) is 5.41. The molecule has 1 heterocycles. The van der Waals surface area contributed by atoms with Gasteiger partial charge in [0.25, 0.3) is 0 Å². The molecular formula is C19H26N2O4S. The van der Waals surface area contributed by atoms with Crippen LogP contribution in [0, 0.1) is 5.92 Å². The molecule has 1 aliphatic carbocycles. The number of nitrogens with zero attached hydrogens (tertiary/aromatic N) is 2.